The van der Waals surface area contributed by atoms with Gasteiger partial charge in [-0.1, -0.05) is 51.1 Å². The van der Waals surface area contributed by atoms with Crippen LogP contribution in [0.15, 0.2) is 58.5 Å². The lowest BCUT2D eigenvalue weighted by Crippen LogP contribution is -2.46. The van der Waals surface area contributed by atoms with E-state index < -0.39 is 14.9 Å². The van der Waals surface area contributed by atoms with Gasteiger partial charge in [0.1, 0.15) is 4.90 Å². The normalized spacial score (nSPS) is 25.2. The molecule has 0 radical (unpaired) electrons. The van der Waals surface area contributed by atoms with E-state index in [9.17, 15) is 18.5 Å². The van der Waals surface area contributed by atoms with E-state index in [-0.39, 0.29) is 33.1 Å². The molecule has 164 valence electrons. The molecule has 1 aliphatic heterocycles. The lowest BCUT2D eigenvalue weighted by Gasteiger charge is -2.42. The molecular formula is C22H26N4O4S. The number of non-ortho nitro benzene ring substituents is 1. The Labute approximate surface area is 182 Å². The third kappa shape index (κ3) is 3.72. The van der Waals surface area contributed by atoms with Gasteiger partial charge in [-0.15, -0.1) is 0 Å². The lowest BCUT2D eigenvalue weighted by atomic mass is 9.69. The number of anilines is 1. The highest BCUT2D eigenvalue weighted by Gasteiger charge is 2.60. The van der Waals surface area contributed by atoms with E-state index in [1.165, 1.54) is 16.4 Å². The fraction of sp³-hybridized carbons (Fsp3) is 0.409. The molecule has 1 heterocycles. The van der Waals surface area contributed by atoms with Gasteiger partial charge in [0.2, 0.25) is 10.0 Å². The van der Waals surface area contributed by atoms with Crippen molar-refractivity contribution in [3.05, 3.63) is 64.2 Å². The molecule has 0 unspecified atom stereocenters. The van der Waals surface area contributed by atoms with Crippen molar-refractivity contribution in [2.45, 2.75) is 44.6 Å². The van der Waals surface area contributed by atoms with Crippen molar-refractivity contribution in [1.29, 1.82) is 0 Å². The van der Waals surface area contributed by atoms with Crippen LogP contribution in [0.5, 0.6) is 0 Å². The van der Waals surface area contributed by atoms with Gasteiger partial charge in [0.15, 0.2) is 0 Å². The Balaban J connectivity index is 1.68. The number of hydrazone groups is 1. The number of nitro benzene ring substituents is 1. The van der Waals surface area contributed by atoms with E-state index in [0.717, 1.165) is 24.5 Å². The first kappa shape index (κ1) is 21.5. The minimum absolute atomic E-state index is 0.0490. The molecule has 0 aromatic heterocycles. The number of benzene rings is 2. The zero-order chi connectivity index (χ0) is 22.4. The SMILES string of the molecule is CC1(C)C[C@H]2C[C@@]1(C)CN2S(=O)(=O)c1cc([N+](=O)[O-])ccc1N/N=C\c1ccccc1. The Morgan fingerprint density at radius 2 is 1.87 bits per heavy atom. The third-order valence-corrected chi connectivity index (χ3v) is 8.88. The lowest BCUT2D eigenvalue weighted by molar-refractivity contribution is -0.385. The molecule has 31 heavy (non-hydrogen) atoms. The topological polar surface area (TPSA) is 105 Å². The molecule has 2 aliphatic rings. The number of fused-ring (bicyclic) bond motifs is 2. The number of piperidine rings is 1. The van der Waals surface area contributed by atoms with E-state index in [1.54, 1.807) is 6.21 Å². The first-order chi connectivity index (χ1) is 14.5. The minimum atomic E-state index is -3.95. The Hall–Kier alpha value is -2.78. The zero-order valence-electron chi connectivity index (χ0n) is 17.8. The second kappa shape index (κ2) is 7.42. The highest BCUT2D eigenvalue weighted by molar-refractivity contribution is 7.89. The number of nitro groups is 1. The van der Waals surface area contributed by atoms with Gasteiger partial charge in [-0.25, -0.2) is 8.42 Å². The minimum Gasteiger partial charge on any atom is -0.277 e. The summed E-state index contributed by atoms with van der Waals surface area (Å²) in [5.74, 6) is 0. The molecule has 2 fully saturated rings. The fourth-order valence-electron chi connectivity index (χ4n) is 4.71. The van der Waals surface area contributed by atoms with Crippen molar-refractivity contribution in [2.75, 3.05) is 12.0 Å². The van der Waals surface area contributed by atoms with Crippen LogP contribution < -0.4 is 5.43 Å². The van der Waals surface area contributed by atoms with Crippen LogP contribution in [0.3, 0.4) is 0 Å². The van der Waals surface area contributed by atoms with E-state index in [1.807, 2.05) is 30.3 Å². The summed E-state index contributed by atoms with van der Waals surface area (Å²) in [6, 6.07) is 13.0. The summed E-state index contributed by atoms with van der Waals surface area (Å²) in [6.07, 6.45) is 3.13. The van der Waals surface area contributed by atoms with Gasteiger partial charge in [-0.05, 0) is 35.3 Å². The maximum Gasteiger partial charge on any atom is 0.270 e. The number of nitrogens with zero attached hydrogens (tertiary/aromatic N) is 3. The number of nitrogens with one attached hydrogen (secondary N) is 1. The van der Waals surface area contributed by atoms with Crippen LogP contribution in [0, 0.1) is 20.9 Å². The van der Waals surface area contributed by atoms with Crippen molar-refractivity contribution < 1.29 is 13.3 Å². The van der Waals surface area contributed by atoms with E-state index in [2.05, 4.69) is 31.3 Å². The predicted molar refractivity (Wildman–Crippen MR) is 120 cm³/mol. The second-order valence-corrected chi connectivity index (χ2v) is 11.1. The van der Waals surface area contributed by atoms with E-state index in [0.29, 0.717) is 6.54 Å². The van der Waals surface area contributed by atoms with Crippen molar-refractivity contribution >= 4 is 27.6 Å². The van der Waals surface area contributed by atoms with Crippen LogP contribution in [0.4, 0.5) is 11.4 Å². The molecule has 2 atom stereocenters. The Morgan fingerprint density at radius 3 is 2.45 bits per heavy atom. The molecule has 1 N–H and O–H groups in total. The van der Waals surface area contributed by atoms with Crippen molar-refractivity contribution in [3.8, 4) is 0 Å². The van der Waals surface area contributed by atoms with Gasteiger partial charge in [0, 0.05) is 24.7 Å². The van der Waals surface area contributed by atoms with Gasteiger partial charge < -0.3 is 0 Å². The second-order valence-electron chi connectivity index (χ2n) is 9.28. The summed E-state index contributed by atoms with van der Waals surface area (Å²) < 4.78 is 28.8. The average Bonchev–Trinajstić information content (AvgIpc) is 3.17. The van der Waals surface area contributed by atoms with Gasteiger partial charge in [-0.2, -0.15) is 9.41 Å². The molecule has 0 amide bonds. The molecule has 4 rings (SSSR count). The van der Waals surface area contributed by atoms with Crippen LogP contribution in [0.25, 0.3) is 0 Å². The van der Waals surface area contributed by atoms with E-state index >= 15 is 0 Å². The standard InChI is InChI=1S/C22H26N4O4S/c1-21(2)12-18-13-22(21,3)15-25(18)31(29,30)20-11-17(26(27)28)9-10-19(20)24-23-14-16-7-5-4-6-8-16/h4-11,14,18,24H,12-13,15H2,1-3H3/b23-14-/t18-,22-/m0/s1. The number of hydrogen-bond donors (Lipinski definition) is 1. The van der Waals surface area contributed by atoms with Gasteiger partial charge in [-0.3, -0.25) is 15.5 Å². The molecule has 8 nitrogen and oxygen atoms in total. The first-order valence-corrected chi connectivity index (χ1v) is 11.6. The summed E-state index contributed by atoms with van der Waals surface area (Å²) in [4.78, 5) is 10.6. The summed E-state index contributed by atoms with van der Waals surface area (Å²) in [5, 5.41) is 15.5. The van der Waals surface area contributed by atoms with Crippen LogP contribution in [-0.4, -0.2) is 36.4 Å². The molecular weight excluding hydrogens is 416 g/mol. The van der Waals surface area contributed by atoms with Crippen LogP contribution in [0.2, 0.25) is 0 Å². The third-order valence-electron chi connectivity index (χ3n) is 6.94. The predicted octanol–water partition coefficient (Wildman–Crippen LogP) is 4.24. The molecule has 2 aromatic rings. The largest absolute Gasteiger partial charge is 0.277 e. The van der Waals surface area contributed by atoms with Crippen molar-refractivity contribution in [1.82, 2.24) is 4.31 Å². The smallest absolute Gasteiger partial charge is 0.270 e. The Kier molecular flexibility index (Phi) is 5.13. The molecule has 9 heteroatoms. The number of hydrogen-bond acceptors (Lipinski definition) is 6. The molecule has 0 spiro atoms. The number of sulfonamides is 1. The molecule has 1 saturated carbocycles. The molecule has 1 saturated heterocycles. The van der Waals surface area contributed by atoms with Crippen LogP contribution in [-0.2, 0) is 10.0 Å². The summed E-state index contributed by atoms with van der Waals surface area (Å²) in [5.41, 5.74) is 3.48. The zero-order valence-corrected chi connectivity index (χ0v) is 18.6. The van der Waals surface area contributed by atoms with Gasteiger partial charge >= 0.3 is 0 Å². The highest BCUT2D eigenvalue weighted by Crippen LogP contribution is 2.60. The quantitative estimate of drug-likeness (QED) is 0.409. The first-order valence-electron chi connectivity index (χ1n) is 10.2. The van der Waals surface area contributed by atoms with E-state index in [4.69, 9.17) is 0 Å². The summed E-state index contributed by atoms with van der Waals surface area (Å²) in [7, 11) is -3.95. The maximum atomic E-state index is 13.6. The Bertz CT molecular complexity index is 1150. The fourth-order valence-corrected chi connectivity index (χ4v) is 6.62. The average molecular weight is 443 g/mol. The molecule has 1 aliphatic carbocycles. The van der Waals surface area contributed by atoms with Crippen molar-refractivity contribution in [2.24, 2.45) is 15.9 Å². The summed E-state index contributed by atoms with van der Waals surface area (Å²) in [6.45, 7) is 6.88. The maximum absolute atomic E-state index is 13.6. The van der Waals surface area contributed by atoms with Crippen LogP contribution >= 0.6 is 0 Å². The van der Waals surface area contributed by atoms with Gasteiger partial charge in [0.05, 0.1) is 16.8 Å². The molecule has 2 aromatic carbocycles. The number of rotatable bonds is 6. The highest BCUT2D eigenvalue weighted by atomic mass is 32.2. The van der Waals surface area contributed by atoms with Crippen LogP contribution in [0.1, 0.15) is 39.2 Å². The Morgan fingerprint density at radius 1 is 1.16 bits per heavy atom. The summed E-state index contributed by atoms with van der Waals surface area (Å²) >= 11 is 0. The molecule has 2 bridgehead atoms. The van der Waals surface area contributed by atoms with Gasteiger partial charge in [0.25, 0.3) is 5.69 Å². The monoisotopic (exact) mass is 442 g/mol. The van der Waals surface area contributed by atoms with Crippen molar-refractivity contribution in [3.63, 3.8) is 0 Å².